The number of carbonyl (C=O) groups is 1. The minimum absolute atomic E-state index is 0.0572. The summed E-state index contributed by atoms with van der Waals surface area (Å²) in [6.07, 6.45) is 4.87. The first-order valence-corrected chi connectivity index (χ1v) is 13.9. The van der Waals surface area contributed by atoms with E-state index in [-0.39, 0.29) is 30.1 Å². The lowest BCUT2D eigenvalue weighted by molar-refractivity contribution is -0.384. The van der Waals surface area contributed by atoms with Crippen LogP contribution in [0.4, 0.5) is 11.4 Å². The van der Waals surface area contributed by atoms with E-state index in [0.717, 1.165) is 41.8 Å². The zero-order chi connectivity index (χ0) is 26.3. The summed E-state index contributed by atoms with van der Waals surface area (Å²) in [6.45, 7) is 5.04. The van der Waals surface area contributed by atoms with E-state index in [2.05, 4.69) is 10.2 Å². The standard InChI is InChI=1S/C25H34N4O6S/c1-4-22(28(36(3,33)34)23-16-21(29(31)32)12-13-24(23)35-2)25(30)26-17-19-8-10-20(11-9-19)18-27-14-6-5-7-15-27/h8-13,16,22H,4-7,14-15,17-18H2,1-3H3,(H,26,30). The molecule has 10 nitrogen and oxygen atoms in total. The molecule has 0 aromatic heterocycles. The predicted octanol–water partition coefficient (Wildman–Crippen LogP) is 3.45. The van der Waals surface area contributed by atoms with Crippen molar-refractivity contribution in [2.75, 3.05) is 30.8 Å². The number of carbonyl (C=O) groups excluding carboxylic acids is 1. The maximum atomic E-state index is 13.2. The second kappa shape index (κ2) is 12.2. The number of methoxy groups -OCH3 is 1. The molecule has 1 heterocycles. The third-order valence-electron chi connectivity index (χ3n) is 6.28. The molecular weight excluding hydrogens is 484 g/mol. The summed E-state index contributed by atoms with van der Waals surface area (Å²) >= 11 is 0. The molecule has 1 aliphatic heterocycles. The average molecular weight is 519 g/mol. The third kappa shape index (κ3) is 6.94. The van der Waals surface area contributed by atoms with Crippen LogP contribution in [0.15, 0.2) is 42.5 Å². The van der Waals surface area contributed by atoms with Crippen molar-refractivity contribution >= 4 is 27.3 Å². The molecule has 11 heteroatoms. The number of likely N-dealkylation sites (tertiary alicyclic amines) is 1. The van der Waals surface area contributed by atoms with E-state index >= 15 is 0 Å². The van der Waals surface area contributed by atoms with Gasteiger partial charge in [-0.05, 0) is 49.5 Å². The van der Waals surface area contributed by atoms with E-state index in [4.69, 9.17) is 4.74 Å². The van der Waals surface area contributed by atoms with Crippen LogP contribution in [-0.2, 0) is 27.9 Å². The summed E-state index contributed by atoms with van der Waals surface area (Å²) < 4.78 is 31.7. The SMILES string of the molecule is CCC(C(=O)NCc1ccc(CN2CCCCC2)cc1)N(c1cc([N+](=O)[O-])ccc1OC)S(C)(=O)=O. The van der Waals surface area contributed by atoms with Crippen molar-refractivity contribution in [1.29, 1.82) is 0 Å². The highest BCUT2D eigenvalue weighted by Gasteiger charge is 2.34. The van der Waals surface area contributed by atoms with Crippen LogP contribution in [0.2, 0.25) is 0 Å². The second-order valence-electron chi connectivity index (χ2n) is 8.97. The minimum atomic E-state index is -3.99. The maximum absolute atomic E-state index is 13.2. The average Bonchev–Trinajstić information content (AvgIpc) is 2.86. The molecule has 1 N–H and O–H groups in total. The molecule has 196 valence electrons. The third-order valence-corrected chi connectivity index (χ3v) is 7.45. The first-order valence-electron chi connectivity index (χ1n) is 12.0. The zero-order valence-corrected chi connectivity index (χ0v) is 21.8. The zero-order valence-electron chi connectivity index (χ0n) is 21.0. The molecular formula is C25H34N4O6S. The fourth-order valence-corrected chi connectivity index (χ4v) is 5.65. The molecule has 2 aromatic rings. The van der Waals surface area contributed by atoms with Crippen LogP contribution in [-0.4, -0.2) is 56.6 Å². The highest BCUT2D eigenvalue weighted by atomic mass is 32.2. The van der Waals surface area contributed by atoms with Gasteiger partial charge in [0.2, 0.25) is 15.9 Å². The molecule has 0 bridgehead atoms. The number of nitrogens with one attached hydrogen (secondary N) is 1. The van der Waals surface area contributed by atoms with Gasteiger partial charge in [0.25, 0.3) is 5.69 Å². The number of rotatable bonds is 11. The number of nitro benzene ring substituents is 1. The maximum Gasteiger partial charge on any atom is 0.271 e. The first-order chi connectivity index (χ1) is 17.1. The van der Waals surface area contributed by atoms with Crippen molar-refractivity contribution < 1.29 is 22.9 Å². The lowest BCUT2D eigenvalue weighted by atomic mass is 10.1. The summed E-state index contributed by atoms with van der Waals surface area (Å²) in [7, 11) is -2.65. The number of piperidine rings is 1. The van der Waals surface area contributed by atoms with Gasteiger partial charge in [-0.3, -0.25) is 24.1 Å². The summed E-state index contributed by atoms with van der Waals surface area (Å²) in [5.74, 6) is -0.393. The van der Waals surface area contributed by atoms with Crippen LogP contribution in [0.5, 0.6) is 5.75 Å². The van der Waals surface area contributed by atoms with Gasteiger partial charge in [0.05, 0.1) is 18.3 Å². The molecule has 0 saturated carbocycles. The second-order valence-corrected chi connectivity index (χ2v) is 10.8. The Kier molecular flexibility index (Phi) is 9.27. The highest BCUT2D eigenvalue weighted by Crippen LogP contribution is 2.35. The van der Waals surface area contributed by atoms with Crippen LogP contribution in [0.3, 0.4) is 0 Å². The van der Waals surface area contributed by atoms with Crippen LogP contribution < -0.4 is 14.4 Å². The summed E-state index contributed by atoms with van der Waals surface area (Å²) in [6, 6.07) is 10.5. The summed E-state index contributed by atoms with van der Waals surface area (Å²) in [5.41, 5.74) is 1.73. The number of anilines is 1. The normalized spacial score (nSPS) is 15.2. The molecule has 1 fully saturated rings. The van der Waals surface area contributed by atoms with Crippen LogP contribution in [0.1, 0.15) is 43.7 Å². The Morgan fingerprint density at radius 3 is 2.33 bits per heavy atom. The van der Waals surface area contributed by atoms with E-state index < -0.39 is 26.9 Å². The van der Waals surface area contributed by atoms with Gasteiger partial charge in [-0.2, -0.15) is 0 Å². The van der Waals surface area contributed by atoms with Gasteiger partial charge in [-0.1, -0.05) is 37.6 Å². The van der Waals surface area contributed by atoms with E-state index in [1.54, 1.807) is 6.92 Å². The van der Waals surface area contributed by atoms with Gasteiger partial charge in [-0.15, -0.1) is 0 Å². The van der Waals surface area contributed by atoms with Crippen LogP contribution >= 0.6 is 0 Å². The van der Waals surface area contributed by atoms with E-state index in [9.17, 15) is 23.3 Å². The van der Waals surface area contributed by atoms with Crippen molar-refractivity contribution in [2.24, 2.45) is 0 Å². The molecule has 1 unspecified atom stereocenters. The number of non-ortho nitro benzene ring substituents is 1. The fourth-order valence-electron chi connectivity index (χ4n) is 4.44. The first kappa shape index (κ1) is 27.4. The molecule has 1 atom stereocenters. The number of amides is 1. The molecule has 0 spiro atoms. The van der Waals surface area contributed by atoms with E-state index in [1.165, 1.54) is 44.1 Å². The van der Waals surface area contributed by atoms with Crippen LogP contribution in [0.25, 0.3) is 0 Å². The highest BCUT2D eigenvalue weighted by molar-refractivity contribution is 7.92. The van der Waals surface area contributed by atoms with Crippen molar-refractivity contribution in [3.05, 3.63) is 63.7 Å². The van der Waals surface area contributed by atoms with E-state index in [1.807, 2.05) is 24.3 Å². The van der Waals surface area contributed by atoms with Crippen molar-refractivity contribution in [2.45, 2.75) is 51.7 Å². The molecule has 1 aliphatic rings. The van der Waals surface area contributed by atoms with Gasteiger partial charge < -0.3 is 10.1 Å². The Labute approximate surface area is 212 Å². The number of nitro groups is 1. The number of hydrogen-bond donors (Lipinski definition) is 1. The fraction of sp³-hybridized carbons (Fsp3) is 0.480. The Balaban J connectivity index is 1.75. The topological polar surface area (TPSA) is 122 Å². The Hall–Kier alpha value is -3.18. The number of benzene rings is 2. The molecule has 36 heavy (non-hydrogen) atoms. The smallest absolute Gasteiger partial charge is 0.271 e. The van der Waals surface area contributed by atoms with Gasteiger partial charge in [-0.25, -0.2) is 8.42 Å². The monoisotopic (exact) mass is 518 g/mol. The largest absolute Gasteiger partial charge is 0.495 e. The Morgan fingerprint density at radius 1 is 1.14 bits per heavy atom. The van der Waals surface area contributed by atoms with Crippen molar-refractivity contribution in [3.8, 4) is 5.75 Å². The van der Waals surface area contributed by atoms with Crippen LogP contribution in [0, 0.1) is 10.1 Å². The Bertz CT molecular complexity index is 1160. The number of ether oxygens (including phenoxy) is 1. The van der Waals surface area contributed by atoms with E-state index in [0.29, 0.717) is 0 Å². The molecule has 0 radical (unpaired) electrons. The number of hydrogen-bond acceptors (Lipinski definition) is 7. The van der Waals surface area contributed by atoms with Gasteiger partial charge >= 0.3 is 0 Å². The molecule has 1 amide bonds. The minimum Gasteiger partial charge on any atom is -0.495 e. The van der Waals surface area contributed by atoms with Gasteiger partial charge in [0.15, 0.2) is 0 Å². The predicted molar refractivity (Wildman–Crippen MR) is 138 cm³/mol. The number of sulfonamides is 1. The lowest BCUT2D eigenvalue weighted by Crippen LogP contribution is -2.49. The summed E-state index contributed by atoms with van der Waals surface area (Å²) in [5, 5.41) is 14.1. The molecule has 0 aliphatic carbocycles. The van der Waals surface area contributed by atoms with Gasteiger partial charge in [0, 0.05) is 25.2 Å². The lowest BCUT2D eigenvalue weighted by Gasteiger charge is -2.31. The van der Waals surface area contributed by atoms with Crippen molar-refractivity contribution in [3.63, 3.8) is 0 Å². The summed E-state index contributed by atoms with van der Waals surface area (Å²) in [4.78, 5) is 26.3. The van der Waals surface area contributed by atoms with Gasteiger partial charge in [0.1, 0.15) is 17.5 Å². The van der Waals surface area contributed by atoms with Crippen molar-refractivity contribution in [1.82, 2.24) is 10.2 Å². The Morgan fingerprint density at radius 2 is 1.78 bits per heavy atom. The number of nitrogens with zero attached hydrogens (tertiary/aromatic N) is 3. The molecule has 3 rings (SSSR count). The molecule has 2 aromatic carbocycles. The quantitative estimate of drug-likeness (QED) is 0.357. The molecule has 1 saturated heterocycles.